The highest BCUT2D eigenvalue weighted by Crippen LogP contribution is 2.18. The van der Waals surface area contributed by atoms with E-state index in [9.17, 15) is 9.59 Å². The molecule has 1 unspecified atom stereocenters. The van der Waals surface area contributed by atoms with E-state index in [-0.39, 0.29) is 17.9 Å². The van der Waals surface area contributed by atoms with E-state index in [1.807, 2.05) is 0 Å². The summed E-state index contributed by atoms with van der Waals surface area (Å²) < 4.78 is 0. The van der Waals surface area contributed by atoms with Crippen LogP contribution in [0.15, 0.2) is 42.6 Å². The molecule has 1 saturated heterocycles. The number of rotatable bonds is 5. The molecule has 2 amide bonds. The average Bonchev–Trinajstić information content (AvgIpc) is 3.10. The number of pyridine rings is 1. The predicted octanol–water partition coefficient (Wildman–Crippen LogP) is 3.07. The Morgan fingerprint density at radius 1 is 1.20 bits per heavy atom. The van der Waals surface area contributed by atoms with Gasteiger partial charge >= 0.3 is 0 Å². The van der Waals surface area contributed by atoms with Crippen LogP contribution in [0.3, 0.4) is 0 Å². The van der Waals surface area contributed by atoms with Crippen molar-refractivity contribution in [1.29, 1.82) is 0 Å². The van der Waals surface area contributed by atoms with E-state index >= 15 is 0 Å². The van der Waals surface area contributed by atoms with Crippen LogP contribution < -0.4 is 16.0 Å². The molecular formula is C18H19ClN4O2. The minimum Gasteiger partial charge on any atom is -0.325 e. The number of nitrogens with zero attached hydrogens (tertiary/aromatic N) is 1. The maximum absolute atomic E-state index is 12.5. The van der Waals surface area contributed by atoms with E-state index in [4.69, 9.17) is 11.6 Å². The monoisotopic (exact) mass is 358 g/mol. The summed E-state index contributed by atoms with van der Waals surface area (Å²) in [7, 11) is 0. The van der Waals surface area contributed by atoms with Crippen molar-refractivity contribution in [3.8, 4) is 0 Å². The van der Waals surface area contributed by atoms with E-state index in [1.165, 1.54) is 6.20 Å². The Morgan fingerprint density at radius 2 is 2.04 bits per heavy atom. The summed E-state index contributed by atoms with van der Waals surface area (Å²) in [6.45, 7) is 0.949. The molecule has 0 radical (unpaired) electrons. The van der Waals surface area contributed by atoms with Gasteiger partial charge in [0.15, 0.2) is 0 Å². The molecular weight excluding hydrogens is 340 g/mol. The minimum atomic E-state index is -0.343. The lowest BCUT2D eigenvalue weighted by Gasteiger charge is -2.13. The van der Waals surface area contributed by atoms with Crippen molar-refractivity contribution in [2.45, 2.75) is 25.3 Å². The number of hydrogen-bond donors (Lipinski definition) is 3. The second-order valence-electron chi connectivity index (χ2n) is 5.91. The van der Waals surface area contributed by atoms with Gasteiger partial charge in [-0.1, -0.05) is 23.7 Å². The lowest BCUT2D eigenvalue weighted by Crippen LogP contribution is -2.28. The highest BCUT2D eigenvalue weighted by atomic mass is 35.5. The Labute approximate surface area is 151 Å². The fraction of sp³-hybridized carbons (Fsp3) is 0.278. The van der Waals surface area contributed by atoms with E-state index in [2.05, 4.69) is 20.9 Å². The molecule has 1 aliphatic rings. The fourth-order valence-electron chi connectivity index (χ4n) is 2.78. The maximum atomic E-state index is 12.5. The van der Waals surface area contributed by atoms with Gasteiger partial charge in [0.25, 0.3) is 5.91 Å². The Kier molecular flexibility index (Phi) is 5.63. The zero-order valence-electron chi connectivity index (χ0n) is 13.6. The number of halogens is 1. The minimum absolute atomic E-state index is 0.107. The lowest BCUT2D eigenvalue weighted by molar-refractivity contribution is -0.116. The van der Waals surface area contributed by atoms with Gasteiger partial charge in [-0.15, -0.1) is 0 Å². The van der Waals surface area contributed by atoms with Crippen LogP contribution in [0.25, 0.3) is 0 Å². The topological polar surface area (TPSA) is 83.1 Å². The van der Waals surface area contributed by atoms with E-state index in [0.29, 0.717) is 28.5 Å². The molecule has 0 aliphatic carbocycles. The first kappa shape index (κ1) is 17.4. The normalized spacial score (nSPS) is 16.4. The third-order valence-corrected chi connectivity index (χ3v) is 4.23. The molecule has 0 saturated carbocycles. The Balaban J connectivity index is 1.68. The zero-order chi connectivity index (χ0) is 17.6. The molecule has 1 aromatic carbocycles. The highest BCUT2D eigenvalue weighted by Gasteiger charge is 2.19. The molecule has 130 valence electrons. The van der Waals surface area contributed by atoms with Crippen LogP contribution in [-0.4, -0.2) is 29.4 Å². The molecule has 1 atom stereocenters. The van der Waals surface area contributed by atoms with Crippen molar-refractivity contribution in [2.75, 3.05) is 17.2 Å². The number of aromatic nitrogens is 1. The second-order valence-corrected chi connectivity index (χ2v) is 6.34. The van der Waals surface area contributed by atoms with Crippen LogP contribution in [0.4, 0.5) is 11.5 Å². The van der Waals surface area contributed by atoms with Gasteiger partial charge in [0, 0.05) is 18.7 Å². The molecule has 3 N–H and O–H groups in total. The van der Waals surface area contributed by atoms with Gasteiger partial charge in [0.2, 0.25) is 5.91 Å². The number of hydrogen-bond acceptors (Lipinski definition) is 4. The molecule has 2 aromatic rings. The van der Waals surface area contributed by atoms with Gasteiger partial charge in [-0.05, 0) is 43.7 Å². The zero-order valence-corrected chi connectivity index (χ0v) is 14.3. The number of nitrogens with one attached hydrogen (secondary N) is 3. The van der Waals surface area contributed by atoms with Crippen molar-refractivity contribution in [2.24, 2.45) is 0 Å². The van der Waals surface area contributed by atoms with Gasteiger partial charge in [-0.2, -0.15) is 0 Å². The number of carbonyl (C=O) groups excluding carboxylic acids is 2. The van der Waals surface area contributed by atoms with Crippen molar-refractivity contribution in [3.63, 3.8) is 0 Å². The summed E-state index contributed by atoms with van der Waals surface area (Å²) in [6.07, 6.45) is 3.94. The van der Waals surface area contributed by atoms with Crippen LogP contribution >= 0.6 is 11.6 Å². The number of anilines is 2. The third-order valence-electron chi connectivity index (χ3n) is 4.01. The Morgan fingerprint density at radius 3 is 2.76 bits per heavy atom. The van der Waals surface area contributed by atoms with E-state index in [0.717, 1.165) is 19.4 Å². The standard InChI is InChI=1S/C18H19ClN4O2/c19-12-7-8-16(21-11-12)23-18(25)14-5-1-2-6-15(14)22-17(24)10-13-4-3-9-20-13/h1-2,5-8,11,13,20H,3-4,9-10H2,(H,22,24)(H,21,23,25). The van der Waals surface area contributed by atoms with Gasteiger partial charge < -0.3 is 16.0 Å². The summed E-state index contributed by atoms with van der Waals surface area (Å²) in [5.74, 6) is -0.0559. The van der Waals surface area contributed by atoms with Gasteiger partial charge in [-0.3, -0.25) is 9.59 Å². The molecule has 1 aromatic heterocycles. The molecule has 25 heavy (non-hydrogen) atoms. The van der Waals surface area contributed by atoms with Crippen LogP contribution in [0, 0.1) is 0 Å². The summed E-state index contributed by atoms with van der Waals surface area (Å²) in [4.78, 5) is 28.8. The van der Waals surface area contributed by atoms with Crippen LogP contribution in [0.2, 0.25) is 5.02 Å². The second kappa shape index (κ2) is 8.09. The molecule has 3 rings (SSSR count). The SMILES string of the molecule is O=C(CC1CCCN1)Nc1ccccc1C(=O)Nc1ccc(Cl)cn1. The summed E-state index contributed by atoms with van der Waals surface area (Å²) in [5.41, 5.74) is 0.865. The maximum Gasteiger partial charge on any atom is 0.258 e. The van der Waals surface area contributed by atoms with Crippen LogP contribution in [-0.2, 0) is 4.79 Å². The quantitative estimate of drug-likeness (QED) is 0.767. The number of para-hydroxylation sites is 1. The Bertz CT molecular complexity index is 758. The van der Waals surface area contributed by atoms with Crippen molar-refractivity contribution in [3.05, 3.63) is 53.2 Å². The Hall–Kier alpha value is -2.44. The number of carbonyl (C=O) groups is 2. The first-order valence-corrected chi connectivity index (χ1v) is 8.55. The van der Waals surface area contributed by atoms with Gasteiger partial charge in [-0.25, -0.2) is 4.98 Å². The highest BCUT2D eigenvalue weighted by molar-refractivity contribution is 6.30. The number of amides is 2. The van der Waals surface area contributed by atoms with E-state index < -0.39 is 0 Å². The van der Waals surface area contributed by atoms with Crippen LogP contribution in [0.5, 0.6) is 0 Å². The lowest BCUT2D eigenvalue weighted by atomic mass is 10.1. The first-order valence-electron chi connectivity index (χ1n) is 8.17. The molecule has 0 spiro atoms. The molecule has 1 aliphatic heterocycles. The van der Waals surface area contributed by atoms with Gasteiger partial charge in [0.1, 0.15) is 5.82 Å². The average molecular weight is 359 g/mol. The van der Waals surface area contributed by atoms with Gasteiger partial charge in [0.05, 0.1) is 16.3 Å². The van der Waals surface area contributed by atoms with E-state index in [1.54, 1.807) is 36.4 Å². The predicted molar refractivity (Wildman–Crippen MR) is 97.9 cm³/mol. The molecule has 1 fully saturated rings. The van der Waals surface area contributed by atoms with Crippen molar-refractivity contribution < 1.29 is 9.59 Å². The first-order chi connectivity index (χ1) is 12.1. The van der Waals surface area contributed by atoms with Crippen molar-refractivity contribution in [1.82, 2.24) is 10.3 Å². The van der Waals surface area contributed by atoms with Crippen LogP contribution in [0.1, 0.15) is 29.6 Å². The third kappa shape index (κ3) is 4.78. The largest absolute Gasteiger partial charge is 0.325 e. The summed E-state index contributed by atoms with van der Waals surface area (Å²) in [6, 6.07) is 10.4. The summed E-state index contributed by atoms with van der Waals surface area (Å²) in [5, 5.41) is 9.31. The smallest absolute Gasteiger partial charge is 0.258 e. The summed E-state index contributed by atoms with van der Waals surface area (Å²) >= 11 is 5.79. The number of benzene rings is 1. The molecule has 7 heteroatoms. The molecule has 0 bridgehead atoms. The van der Waals surface area contributed by atoms with Crippen molar-refractivity contribution >= 4 is 34.9 Å². The molecule has 6 nitrogen and oxygen atoms in total. The fourth-order valence-corrected chi connectivity index (χ4v) is 2.89. The molecule has 2 heterocycles.